The molecule has 1 aromatic heterocycles. The van der Waals surface area contributed by atoms with Crippen molar-refractivity contribution in [2.45, 2.75) is 32.5 Å². The minimum absolute atomic E-state index is 0.0962. The quantitative estimate of drug-likeness (QED) is 0.742. The summed E-state index contributed by atoms with van der Waals surface area (Å²) >= 11 is 0. The molecule has 2 aromatic carbocycles. The smallest absolute Gasteiger partial charge is 0.160 e. The lowest BCUT2D eigenvalue weighted by Crippen LogP contribution is -2.29. The van der Waals surface area contributed by atoms with Gasteiger partial charge >= 0.3 is 0 Å². The Morgan fingerprint density at radius 3 is 2.70 bits per heavy atom. The molecular weight excluding hydrogens is 336 g/mol. The van der Waals surface area contributed by atoms with Crippen molar-refractivity contribution in [2.75, 3.05) is 13.7 Å². The second-order valence-electron chi connectivity index (χ2n) is 7.21. The fraction of sp³-hybridized carbons (Fsp3) is 0.304. The molecule has 140 valence electrons. The normalized spacial score (nSPS) is 17.3. The Balaban J connectivity index is 1.77. The van der Waals surface area contributed by atoms with E-state index >= 15 is 0 Å². The zero-order valence-corrected chi connectivity index (χ0v) is 15.9. The van der Waals surface area contributed by atoms with Gasteiger partial charge in [0.25, 0.3) is 0 Å². The van der Waals surface area contributed by atoms with Crippen molar-refractivity contribution < 1.29 is 9.84 Å². The number of benzene rings is 2. The van der Waals surface area contributed by atoms with E-state index in [0.29, 0.717) is 5.75 Å². The highest BCUT2D eigenvalue weighted by atomic mass is 16.5. The van der Waals surface area contributed by atoms with Gasteiger partial charge in [-0.25, -0.2) is 0 Å². The van der Waals surface area contributed by atoms with Crippen LogP contribution in [0.15, 0.2) is 60.8 Å². The summed E-state index contributed by atoms with van der Waals surface area (Å²) in [7, 11) is 1.58. The van der Waals surface area contributed by atoms with Gasteiger partial charge in [-0.2, -0.15) is 0 Å². The molecule has 0 saturated carbocycles. The van der Waals surface area contributed by atoms with Crippen LogP contribution in [0.1, 0.15) is 34.8 Å². The first-order valence-corrected chi connectivity index (χ1v) is 9.48. The molecule has 0 fully saturated rings. The number of nitrogens with zero attached hydrogens (tertiary/aromatic N) is 2. The number of phenolic OH excluding ortho intramolecular Hbond substituents is 1. The third-order valence-electron chi connectivity index (χ3n) is 5.51. The van der Waals surface area contributed by atoms with Crippen LogP contribution >= 0.6 is 0 Å². The van der Waals surface area contributed by atoms with Gasteiger partial charge in [0.15, 0.2) is 11.5 Å². The zero-order valence-electron chi connectivity index (χ0n) is 15.9. The monoisotopic (exact) mass is 362 g/mol. The molecule has 1 N–H and O–H groups in total. The molecule has 1 atom stereocenters. The summed E-state index contributed by atoms with van der Waals surface area (Å²) in [5.74, 6) is 0.696. The molecule has 1 unspecified atom stereocenters. The number of phenols is 1. The molecule has 4 nitrogen and oxygen atoms in total. The molecule has 0 bridgehead atoms. The Morgan fingerprint density at radius 2 is 1.93 bits per heavy atom. The molecule has 0 amide bonds. The minimum atomic E-state index is 0.0962. The number of methoxy groups -OCH3 is 1. The summed E-state index contributed by atoms with van der Waals surface area (Å²) < 4.78 is 7.57. The highest BCUT2D eigenvalue weighted by molar-refractivity contribution is 5.44. The van der Waals surface area contributed by atoms with Crippen LogP contribution < -0.4 is 4.74 Å². The molecule has 1 aliphatic rings. The number of aryl methyl sites for hydroxylation is 2. The highest BCUT2D eigenvalue weighted by Crippen LogP contribution is 2.37. The summed E-state index contributed by atoms with van der Waals surface area (Å²) in [5, 5.41) is 10.4. The van der Waals surface area contributed by atoms with Gasteiger partial charge in [-0.3, -0.25) is 4.90 Å². The Hall–Kier alpha value is -2.72. The molecular formula is C23H26N2O2. The molecule has 0 saturated heterocycles. The van der Waals surface area contributed by atoms with Crippen LogP contribution in [0.5, 0.6) is 11.5 Å². The number of aromatic nitrogens is 1. The van der Waals surface area contributed by atoms with Crippen molar-refractivity contribution in [3.8, 4) is 11.5 Å². The van der Waals surface area contributed by atoms with Gasteiger partial charge in [-0.1, -0.05) is 30.3 Å². The minimum Gasteiger partial charge on any atom is -0.504 e. The average molecular weight is 362 g/mol. The van der Waals surface area contributed by atoms with E-state index in [2.05, 4.69) is 65.1 Å². The van der Waals surface area contributed by atoms with Gasteiger partial charge in [-0.05, 0) is 54.3 Å². The van der Waals surface area contributed by atoms with Crippen molar-refractivity contribution >= 4 is 0 Å². The predicted octanol–water partition coefficient (Wildman–Crippen LogP) is 4.51. The van der Waals surface area contributed by atoms with Crippen molar-refractivity contribution in [2.24, 2.45) is 0 Å². The van der Waals surface area contributed by atoms with Crippen LogP contribution in [0.4, 0.5) is 0 Å². The van der Waals surface area contributed by atoms with Crippen LogP contribution in [-0.4, -0.2) is 28.2 Å². The fourth-order valence-electron chi connectivity index (χ4n) is 4.07. The van der Waals surface area contributed by atoms with Crippen molar-refractivity contribution in [1.82, 2.24) is 9.47 Å². The van der Waals surface area contributed by atoms with Crippen molar-refractivity contribution in [3.05, 3.63) is 83.2 Å². The maximum absolute atomic E-state index is 10.4. The summed E-state index contributed by atoms with van der Waals surface area (Å²) in [6, 6.07) is 18.8. The Kier molecular flexibility index (Phi) is 4.90. The summed E-state index contributed by atoms with van der Waals surface area (Å²) in [6.45, 7) is 5.08. The highest BCUT2D eigenvalue weighted by Gasteiger charge is 2.28. The van der Waals surface area contributed by atoms with E-state index in [0.717, 1.165) is 31.6 Å². The zero-order chi connectivity index (χ0) is 18.8. The first kappa shape index (κ1) is 17.7. The van der Waals surface area contributed by atoms with E-state index < -0.39 is 0 Å². The summed E-state index contributed by atoms with van der Waals surface area (Å²) in [6.07, 6.45) is 3.26. The molecule has 0 radical (unpaired) electrons. The van der Waals surface area contributed by atoms with E-state index in [9.17, 15) is 5.11 Å². The topological polar surface area (TPSA) is 37.6 Å². The lowest BCUT2D eigenvalue weighted by atomic mass is 9.99. The van der Waals surface area contributed by atoms with Crippen LogP contribution in [0.25, 0.3) is 0 Å². The second kappa shape index (κ2) is 7.49. The van der Waals surface area contributed by atoms with E-state index in [-0.39, 0.29) is 11.8 Å². The lowest BCUT2D eigenvalue weighted by Gasteiger charge is -2.31. The molecule has 2 heterocycles. The fourth-order valence-corrected chi connectivity index (χ4v) is 4.07. The molecule has 4 rings (SSSR count). The van der Waals surface area contributed by atoms with E-state index in [1.54, 1.807) is 7.11 Å². The standard InChI is InChI=1S/C23H26N2O2/c1-17-7-3-4-8-19(17)16-25-14-6-13-24-12-5-9-20(24)23(25)18-10-11-22(27-2)21(26)15-18/h3-5,7-12,15,23,26H,6,13-14,16H2,1-2H3. The van der Waals surface area contributed by atoms with E-state index in [1.165, 1.54) is 16.8 Å². The molecule has 3 aromatic rings. The largest absolute Gasteiger partial charge is 0.504 e. The number of fused-ring (bicyclic) bond motifs is 1. The first-order chi connectivity index (χ1) is 13.2. The summed E-state index contributed by atoms with van der Waals surface area (Å²) in [5.41, 5.74) is 5.02. The van der Waals surface area contributed by atoms with Crippen LogP contribution in [0, 0.1) is 6.92 Å². The van der Waals surface area contributed by atoms with E-state index in [4.69, 9.17) is 4.74 Å². The Bertz CT molecular complexity index is 932. The third kappa shape index (κ3) is 3.45. The summed E-state index contributed by atoms with van der Waals surface area (Å²) in [4.78, 5) is 2.52. The molecule has 0 aliphatic carbocycles. The molecule has 1 aliphatic heterocycles. The van der Waals surface area contributed by atoms with Crippen molar-refractivity contribution in [1.29, 1.82) is 0 Å². The average Bonchev–Trinajstić information content (AvgIpc) is 3.05. The van der Waals surface area contributed by atoms with Crippen molar-refractivity contribution in [3.63, 3.8) is 0 Å². The maximum Gasteiger partial charge on any atom is 0.160 e. The predicted molar refractivity (Wildman–Crippen MR) is 107 cm³/mol. The first-order valence-electron chi connectivity index (χ1n) is 9.48. The van der Waals surface area contributed by atoms with Gasteiger partial charge in [0.1, 0.15) is 0 Å². The number of ether oxygens (including phenoxy) is 1. The van der Waals surface area contributed by atoms with E-state index in [1.807, 2.05) is 12.1 Å². The van der Waals surface area contributed by atoms with Gasteiger partial charge in [0.05, 0.1) is 13.2 Å². The SMILES string of the molecule is COc1ccc(C2c3cccn3CCCN2Cc2ccccc2C)cc1O. The number of hydrogen-bond acceptors (Lipinski definition) is 3. The Labute approximate surface area is 160 Å². The Morgan fingerprint density at radius 1 is 1.07 bits per heavy atom. The van der Waals surface area contributed by atoms with Gasteiger partial charge < -0.3 is 14.4 Å². The number of aromatic hydroxyl groups is 1. The van der Waals surface area contributed by atoms with Gasteiger partial charge in [-0.15, -0.1) is 0 Å². The lowest BCUT2D eigenvalue weighted by molar-refractivity contribution is 0.219. The van der Waals surface area contributed by atoms with Gasteiger partial charge in [0, 0.05) is 31.5 Å². The molecule has 4 heteroatoms. The van der Waals surface area contributed by atoms with Gasteiger partial charge in [0.2, 0.25) is 0 Å². The molecule has 0 spiro atoms. The third-order valence-corrected chi connectivity index (χ3v) is 5.51. The number of rotatable bonds is 4. The maximum atomic E-state index is 10.4. The number of hydrogen-bond donors (Lipinski definition) is 1. The van der Waals surface area contributed by atoms with Crippen LogP contribution in [-0.2, 0) is 13.1 Å². The second-order valence-corrected chi connectivity index (χ2v) is 7.21. The van der Waals surface area contributed by atoms with Crippen LogP contribution in [0.2, 0.25) is 0 Å². The molecule has 27 heavy (non-hydrogen) atoms. The van der Waals surface area contributed by atoms with Crippen LogP contribution in [0.3, 0.4) is 0 Å².